The maximum Gasteiger partial charge on any atom is 0.315 e. The van der Waals surface area contributed by atoms with E-state index in [1.165, 1.54) is 38.5 Å². The van der Waals surface area contributed by atoms with Crippen LogP contribution in [0.5, 0.6) is 0 Å². The summed E-state index contributed by atoms with van der Waals surface area (Å²) in [6.07, 6.45) is 10.6. The predicted octanol–water partition coefficient (Wildman–Crippen LogP) is 2.27. The van der Waals surface area contributed by atoms with E-state index >= 15 is 0 Å². The number of amides is 2. The number of nitrogens with zero attached hydrogens (tertiary/aromatic N) is 1. The number of primary amides is 1. The zero-order valence-electron chi connectivity index (χ0n) is 11.5. The van der Waals surface area contributed by atoms with Gasteiger partial charge in [0.2, 0.25) is 0 Å². The summed E-state index contributed by atoms with van der Waals surface area (Å²) >= 11 is 0. The van der Waals surface area contributed by atoms with E-state index in [0.29, 0.717) is 36.1 Å². The van der Waals surface area contributed by atoms with E-state index in [9.17, 15) is 4.79 Å². The number of epoxide rings is 1. The molecule has 2 heterocycles. The van der Waals surface area contributed by atoms with E-state index in [1.54, 1.807) is 0 Å². The largest absolute Gasteiger partial charge is 0.369 e. The van der Waals surface area contributed by atoms with Crippen LogP contribution in [0.15, 0.2) is 0 Å². The number of carbonyl (C=O) groups is 1. The van der Waals surface area contributed by atoms with Gasteiger partial charge in [-0.25, -0.2) is 4.79 Å². The number of ether oxygens (including phenoxy) is 1. The first-order valence-corrected chi connectivity index (χ1v) is 8.00. The first kappa shape index (κ1) is 12.0. The first-order chi connectivity index (χ1) is 9.27. The van der Waals surface area contributed by atoms with E-state index in [4.69, 9.17) is 10.5 Å². The number of nitrogens with two attached hydrogens (primary N) is 1. The minimum atomic E-state index is -0.185. The quantitative estimate of drug-likeness (QED) is 0.682. The topological polar surface area (TPSA) is 58.9 Å². The van der Waals surface area contributed by atoms with Crippen LogP contribution < -0.4 is 5.73 Å². The third-order valence-electron chi connectivity index (χ3n) is 5.94. The Balaban J connectivity index is 1.70. The van der Waals surface area contributed by atoms with Gasteiger partial charge in [-0.3, -0.25) is 0 Å². The molecule has 2 N–H and O–H groups in total. The SMILES string of the molecule is NC(=O)N1C2CCCCC2C2OC2C2CCCCC21. The number of likely N-dealkylation sites (tertiary alicyclic amines) is 1. The summed E-state index contributed by atoms with van der Waals surface area (Å²) in [5.41, 5.74) is 5.76. The number of carbonyl (C=O) groups excluding carboxylic acids is 1. The molecule has 0 aromatic heterocycles. The Morgan fingerprint density at radius 3 is 1.84 bits per heavy atom. The van der Waals surface area contributed by atoms with Gasteiger partial charge in [0.1, 0.15) is 0 Å². The van der Waals surface area contributed by atoms with Gasteiger partial charge >= 0.3 is 6.03 Å². The van der Waals surface area contributed by atoms with Crippen LogP contribution in [0.4, 0.5) is 4.79 Å². The molecule has 4 fully saturated rings. The predicted molar refractivity (Wildman–Crippen MR) is 71.6 cm³/mol. The molecule has 0 spiro atoms. The zero-order chi connectivity index (χ0) is 13.0. The molecular weight excluding hydrogens is 240 g/mol. The molecule has 2 aliphatic carbocycles. The number of hydrogen-bond donors (Lipinski definition) is 1. The summed E-state index contributed by atoms with van der Waals surface area (Å²) in [7, 11) is 0. The molecule has 19 heavy (non-hydrogen) atoms. The minimum Gasteiger partial charge on any atom is -0.369 e. The fourth-order valence-electron chi connectivity index (χ4n) is 5.14. The van der Waals surface area contributed by atoms with Crippen LogP contribution in [-0.4, -0.2) is 35.2 Å². The number of hydrogen-bond acceptors (Lipinski definition) is 2. The number of urea groups is 1. The highest BCUT2D eigenvalue weighted by Gasteiger charge is 2.59. The standard InChI is InChI=1S/C15H24N2O2/c16-15(18)17-11-7-3-1-5-9(11)13-14(19-13)10-6-2-4-8-12(10)17/h9-14H,1-8H2,(H2,16,18). The summed E-state index contributed by atoms with van der Waals surface area (Å²) in [6, 6.07) is 0.527. The van der Waals surface area contributed by atoms with E-state index in [-0.39, 0.29) is 6.03 Å². The van der Waals surface area contributed by atoms with Crippen molar-refractivity contribution >= 4 is 6.03 Å². The summed E-state index contributed by atoms with van der Waals surface area (Å²) < 4.78 is 6.05. The molecule has 2 saturated carbocycles. The molecule has 6 atom stereocenters. The van der Waals surface area contributed by atoms with Crippen LogP contribution in [0.25, 0.3) is 0 Å². The number of fused-ring (bicyclic) bond motifs is 5. The fourth-order valence-corrected chi connectivity index (χ4v) is 5.14. The molecule has 2 aliphatic heterocycles. The maximum absolute atomic E-state index is 12.0. The van der Waals surface area contributed by atoms with E-state index in [0.717, 1.165) is 12.8 Å². The fraction of sp³-hybridized carbons (Fsp3) is 0.933. The lowest BCUT2D eigenvalue weighted by atomic mass is 9.80. The molecule has 4 aliphatic rings. The monoisotopic (exact) mass is 264 g/mol. The molecule has 0 aromatic carbocycles. The Hall–Kier alpha value is -0.770. The van der Waals surface area contributed by atoms with Gasteiger partial charge < -0.3 is 15.4 Å². The van der Waals surface area contributed by atoms with Gasteiger partial charge in [0, 0.05) is 23.9 Å². The molecule has 6 unspecified atom stereocenters. The lowest BCUT2D eigenvalue weighted by molar-refractivity contribution is 0.0384. The molecule has 0 bridgehead atoms. The molecule has 2 saturated heterocycles. The highest BCUT2D eigenvalue weighted by atomic mass is 16.6. The average Bonchev–Trinajstić information content (AvgIpc) is 3.19. The summed E-state index contributed by atoms with van der Waals surface area (Å²) in [6.45, 7) is 0. The van der Waals surface area contributed by atoms with Crippen molar-refractivity contribution in [2.45, 2.75) is 75.7 Å². The van der Waals surface area contributed by atoms with Crippen LogP contribution in [0, 0.1) is 11.8 Å². The van der Waals surface area contributed by atoms with Crippen molar-refractivity contribution in [1.82, 2.24) is 4.90 Å². The molecule has 0 radical (unpaired) electrons. The molecule has 106 valence electrons. The van der Waals surface area contributed by atoms with Gasteiger partial charge in [-0.15, -0.1) is 0 Å². The van der Waals surface area contributed by atoms with Crippen LogP contribution in [-0.2, 0) is 4.74 Å². The van der Waals surface area contributed by atoms with Crippen molar-refractivity contribution in [3.63, 3.8) is 0 Å². The summed E-state index contributed by atoms with van der Waals surface area (Å²) in [5, 5.41) is 0. The van der Waals surface area contributed by atoms with E-state index in [2.05, 4.69) is 4.90 Å². The lowest BCUT2D eigenvalue weighted by Crippen LogP contribution is -2.55. The molecule has 4 heteroatoms. The Bertz CT molecular complexity index is 358. The Morgan fingerprint density at radius 2 is 1.37 bits per heavy atom. The average molecular weight is 264 g/mol. The molecule has 0 aromatic rings. The van der Waals surface area contributed by atoms with E-state index in [1.807, 2.05) is 0 Å². The van der Waals surface area contributed by atoms with Crippen LogP contribution in [0.1, 0.15) is 51.4 Å². The normalized spacial score (nSPS) is 48.5. The second kappa shape index (κ2) is 4.37. The highest BCUT2D eigenvalue weighted by molar-refractivity contribution is 5.73. The molecule has 4 rings (SSSR count). The first-order valence-electron chi connectivity index (χ1n) is 8.00. The maximum atomic E-state index is 12.0. The molecular formula is C15H24N2O2. The zero-order valence-corrected chi connectivity index (χ0v) is 11.5. The third-order valence-corrected chi connectivity index (χ3v) is 5.94. The number of rotatable bonds is 0. The van der Waals surface area contributed by atoms with Crippen molar-refractivity contribution in [3.05, 3.63) is 0 Å². The highest BCUT2D eigenvalue weighted by Crippen LogP contribution is 2.51. The smallest absolute Gasteiger partial charge is 0.315 e. The van der Waals surface area contributed by atoms with Crippen molar-refractivity contribution in [2.24, 2.45) is 17.6 Å². The van der Waals surface area contributed by atoms with E-state index < -0.39 is 0 Å². The van der Waals surface area contributed by atoms with Crippen molar-refractivity contribution in [3.8, 4) is 0 Å². The molecule has 4 nitrogen and oxygen atoms in total. The Kier molecular flexibility index (Phi) is 2.76. The summed E-state index contributed by atoms with van der Waals surface area (Å²) in [5.74, 6) is 1.11. The third kappa shape index (κ3) is 1.79. The van der Waals surface area contributed by atoms with Gasteiger partial charge in [-0.1, -0.05) is 25.7 Å². The summed E-state index contributed by atoms with van der Waals surface area (Å²) in [4.78, 5) is 14.1. The van der Waals surface area contributed by atoms with Crippen molar-refractivity contribution in [2.75, 3.05) is 0 Å². The van der Waals surface area contributed by atoms with Crippen LogP contribution in [0.2, 0.25) is 0 Å². The van der Waals surface area contributed by atoms with Gasteiger partial charge in [-0.05, 0) is 25.7 Å². The van der Waals surface area contributed by atoms with Gasteiger partial charge in [-0.2, -0.15) is 0 Å². The Morgan fingerprint density at radius 1 is 0.895 bits per heavy atom. The van der Waals surface area contributed by atoms with Crippen molar-refractivity contribution in [1.29, 1.82) is 0 Å². The molecule has 2 amide bonds. The van der Waals surface area contributed by atoms with Crippen LogP contribution in [0.3, 0.4) is 0 Å². The van der Waals surface area contributed by atoms with Gasteiger partial charge in [0.25, 0.3) is 0 Å². The minimum absolute atomic E-state index is 0.185. The van der Waals surface area contributed by atoms with Crippen LogP contribution >= 0.6 is 0 Å². The van der Waals surface area contributed by atoms with Crippen molar-refractivity contribution < 1.29 is 9.53 Å². The van der Waals surface area contributed by atoms with Gasteiger partial charge in [0.15, 0.2) is 0 Å². The lowest BCUT2D eigenvalue weighted by Gasteiger charge is -2.44. The second-order valence-electron chi connectivity index (χ2n) is 6.84. The van der Waals surface area contributed by atoms with Gasteiger partial charge in [0.05, 0.1) is 12.2 Å². The second-order valence-corrected chi connectivity index (χ2v) is 6.84. The Labute approximate surface area is 114 Å².